The molecule has 1 saturated carbocycles. The smallest absolute Gasteiger partial charge is 0.254 e. The van der Waals surface area contributed by atoms with Crippen LogP contribution in [0.15, 0.2) is 48.7 Å². The molecule has 1 amide bonds. The van der Waals surface area contributed by atoms with Crippen LogP contribution in [0.1, 0.15) is 54.1 Å². The van der Waals surface area contributed by atoms with E-state index in [0.717, 1.165) is 31.2 Å². The number of aromatic nitrogens is 4. The van der Waals surface area contributed by atoms with Gasteiger partial charge in [-0.2, -0.15) is 0 Å². The van der Waals surface area contributed by atoms with Gasteiger partial charge >= 0.3 is 0 Å². The monoisotopic (exact) mass is 365 g/mol. The molecule has 1 atom stereocenters. The highest BCUT2D eigenvalue weighted by molar-refractivity contribution is 5.95. The van der Waals surface area contributed by atoms with Gasteiger partial charge < -0.3 is 10.0 Å². The number of aliphatic hydroxyl groups excluding tert-OH is 1. The van der Waals surface area contributed by atoms with Gasteiger partial charge in [0.2, 0.25) is 0 Å². The van der Waals surface area contributed by atoms with Crippen molar-refractivity contribution >= 4 is 11.6 Å². The molecule has 1 aromatic carbocycles. The number of hydrogen-bond acceptors (Lipinski definition) is 5. The van der Waals surface area contributed by atoms with Crippen LogP contribution in [-0.2, 0) is 0 Å². The van der Waals surface area contributed by atoms with E-state index >= 15 is 0 Å². The van der Waals surface area contributed by atoms with Crippen molar-refractivity contribution in [2.45, 2.75) is 44.2 Å². The van der Waals surface area contributed by atoms with Gasteiger partial charge in [-0.05, 0) is 41.0 Å². The number of pyridine rings is 1. The van der Waals surface area contributed by atoms with Crippen LogP contribution >= 0.6 is 0 Å². The number of tetrazole rings is 1. The van der Waals surface area contributed by atoms with E-state index in [1.54, 1.807) is 18.3 Å². The number of aliphatic hydroxyl groups is 1. The molecule has 0 aliphatic heterocycles. The number of carbonyl (C=O) groups excluding carboxylic acids is 1. The summed E-state index contributed by atoms with van der Waals surface area (Å²) in [6, 6.07) is 13.1. The largest absolute Gasteiger partial charge is 0.387 e. The summed E-state index contributed by atoms with van der Waals surface area (Å²) in [5.74, 6) is -0.0811. The standard InChI is InChI=1S/C20H23N5O2/c26-18(15-7-3-1-4-8-15)14-24(17-9-5-2-6-10-17)20(27)16-11-12-25-19(13-16)21-22-23-25/h1,3-4,7-8,11-13,17-18,26H,2,5-6,9-10,14H2/t18-/m0/s1. The van der Waals surface area contributed by atoms with Gasteiger partial charge in [-0.1, -0.05) is 49.6 Å². The number of hydrogen-bond donors (Lipinski definition) is 1. The maximum atomic E-state index is 13.3. The first-order chi connectivity index (χ1) is 13.2. The van der Waals surface area contributed by atoms with Crippen LogP contribution in [-0.4, -0.2) is 48.5 Å². The molecule has 7 nitrogen and oxygen atoms in total. The van der Waals surface area contributed by atoms with E-state index in [-0.39, 0.29) is 18.5 Å². The summed E-state index contributed by atoms with van der Waals surface area (Å²) in [7, 11) is 0. The van der Waals surface area contributed by atoms with E-state index in [1.807, 2.05) is 35.2 Å². The van der Waals surface area contributed by atoms with Gasteiger partial charge in [0.15, 0.2) is 5.65 Å². The van der Waals surface area contributed by atoms with Crippen LogP contribution in [0.5, 0.6) is 0 Å². The van der Waals surface area contributed by atoms with Crippen LogP contribution in [0.25, 0.3) is 5.65 Å². The Labute approximate surface area is 157 Å². The van der Waals surface area contributed by atoms with E-state index < -0.39 is 6.10 Å². The zero-order valence-electron chi connectivity index (χ0n) is 15.1. The third-order valence-electron chi connectivity index (χ3n) is 5.28. The quantitative estimate of drug-likeness (QED) is 0.751. The summed E-state index contributed by atoms with van der Waals surface area (Å²) in [6.45, 7) is 0.281. The SMILES string of the molecule is O=C(c1ccn2nnnc2c1)N(C[C@H](O)c1ccccc1)C1CCCCC1. The summed E-state index contributed by atoms with van der Waals surface area (Å²) >= 11 is 0. The highest BCUT2D eigenvalue weighted by Crippen LogP contribution is 2.26. The molecule has 1 aliphatic carbocycles. The van der Waals surface area contributed by atoms with Crippen molar-refractivity contribution in [3.8, 4) is 0 Å². The zero-order valence-corrected chi connectivity index (χ0v) is 15.1. The molecule has 140 valence electrons. The second kappa shape index (κ2) is 7.84. The van der Waals surface area contributed by atoms with Crippen LogP contribution in [0.4, 0.5) is 0 Å². The molecule has 2 heterocycles. The Morgan fingerprint density at radius 1 is 1.19 bits per heavy atom. The summed E-state index contributed by atoms with van der Waals surface area (Å²) in [4.78, 5) is 15.2. The number of nitrogens with zero attached hydrogens (tertiary/aromatic N) is 5. The molecule has 1 aliphatic rings. The average Bonchev–Trinajstić information content (AvgIpc) is 3.20. The molecule has 4 rings (SSSR count). The lowest BCUT2D eigenvalue weighted by atomic mass is 9.93. The molecule has 1 N–H and O–H groups in total. The number of amides is 1. The van der Waals surface area contributed by atoms with E-state index in [9.17, 15) is 9.90 Å². The fourth-order valence-corrected chi connectivity index (χ4v) is 3.80. The third-order valence-corrected chi connectivity index (χ3v) is 5.28. The van der Waals surface area contributed by atoms with Crippen molar-refractivity contribution < 1.29 is 9.90 Å². The maximum Gasteiger partial charge on any atom is 0.254 e. The van der Waals surface area contributed by atoms with Crippen LogP contribution in [0.3, 0.4) is 0 Å². The topological polar surface area (TPSA) is 83.6 Å². The van der Waals surface area contributed by atoms with E-state index in [0.29, 0.717) is 11.2 Å². The first-order valence-electron chi connectivity index (χ1n) is 9.44. The lowest BCUT2D eigenvalue weighted by molar-refractivity contribution is 0.0454. The minimum atomic E-state index is -0.712. The molecule has 0 unspecified atom stereocenters. The predicted molar refractivity (Wildman–Crippen MR) is 100 cm³/mol. The van der Waals surface area contributed by atoms with E-state index in [4.69, 9.17) is 0 Å². The van der Waals surface area contributed by atoms with Crippen LogP contribution in [0.2, 0.25) is 0 Å². The van der Waals surface area contributed by atoms with Gasteiger partial charge in [0, 0.05) is 17.8 Å². The lowest BCUT2D eigenvalue weighted by Crippen LogP contribution is -2.43. The molecule has 0 saturated heterocycles. The minimum absolute atomic E-state index is 0.0811. The Hall–Kier alpha value is -2.80. The highest BCUT2D eigenvalue weighted by Gasteiger charge is 2.28. The van der Waals surface area contributed by atoms with Crippen LogP contribution < -0.4 is 0 Å². The van der Waals surface area contributed by atoms with Gasteiger partial charge in [0.05, 0.1) is 12.6 Å². The molecule has 1 fully saturated rings. The molecule has 2 aromatic heterocycles. The van der Waals surface area contributed by atoms with E-state index in [2.05, 4.69) is 15.5 Å². The molecule has 0 spiro atoms. The van der Waals surface area contributed by atoms with Gasteiger partial charge in [-0.15, -0.1) is 5.10 Å². The fourth-order valence-electron chi connectivity index (χ4n) is 3.80. The zero-order chi connectivity index (χ0) is 18.6. The highest BCUT2D eigenvalue weighted by atomic mass is 16.3. The normalized spacial score (nSPS) is 16.3. The number of carbonyl (C=O) groups is 1. The molecule has 0 bridgehead atoms. The Morgan fingerprint density at radius 3 is 2.74 bits per heavy atom. The molecule has 0 radical (unpaired) electrons. The number of fused-ring (bicyclic) bond motifs is 1. The summed E-state index contributed by atoms with van der Waals surface area (Å²) in [6.07, 6.45) is 6.36. The average molecular weight is 365 g/mol. The van der Waals surface area contributed by atoms with Gasteiger partial charge in [0.25, 0.3) is 5.91 Å². The Morgan fingerprint density at radius 2 is 1.96 bits per heavy atom. The number of benzene rings is 1. The molecular formula is C20H23N5O2. The fraction of sp³-hybridized carbons (Fsp3) is 0.400. The van der Waals surface area contributed by atoms with E-state index in [1.165, 1.54) is 10.9 Å². The second-order valence-electron chi connectivity index (χ2n) is 7.07. The van der Waals surface area contributed by atoms with Gasteiger partial charge in [-0.3, -0.25) is 4.79 Å². The summed E-state index contributed by atoms with van der Waals surface area (Å²) < 4.78 is 1.53. The maximum absolute atomic E-state index is 13.3. The predicted octanol–water partition coefficient (Wildman–Crippen LogP) is 2.63. The Kier molecular flexibility index (Phi) is 5.11. The van der Waals surface area contributed by atoms with Crippen molar-refractivity contribution in [3.63, 3.8) is 0 Å². The van der Waals surface area contributed by atoms with Crippen LogP contribution in [0, 0.1) is 0 Å². The van der Waals surface area contributed by atoms with Crippen molar-refractivity contribution in [1.82, 2.24) is 24.9 Å². The molecular weight excluding hydrogens is 342 g/mol. The first-order valence-corrected chi connectivity index (χ1v) is 9.44. The minimum Gasteiger partial charge on any atom is -0.387 e. The summed E-state index contributed by atoms with van der Waals surface area (Å²) in [5.41, 5.74) is 1.90. The number of rotatable bonds is 5. The molecule has 7 heteroatoms. The Balaban J connectivity index is 1.61. The second-order valence-corrected chi connectivity index (χ2v) is 7.07. The molecule has 27 heavy (non-hydrogen) atoms. The van der Waals surface area contributed by atoms with Gasteiger partial charge in [0.1, 0.15) is 0 Å². The Bertz CT molecular complexity index is 905. The van der Waals surface area contributed by atoms with Crippen molar-refractivity contribution in [1.29, 1.82) is 0 Å². The van der Waals surface area contributed by atoms with Crippen molar-refractivity contribution in [2.75, 3.05) is 6.54 Å². The summed E-state index contributed by atoms with van der Waals surface area (Å²) in [5, 5.41) is 22.1. The van der Waals surface area contributed by atoms with Crippen molar-refractivity contribution in [3.05, 3.63) is 59.8 Å². The first kappa shape index (κ1) is 17.6. The third kappa shape index (κ3) is 3.83. The molecule has 3 aromatic rings. The van der Waals surface area contributed by atoms with Gasteiger partial charge in [-0.25, -0.2) is 4.52 Å². The lowest BCUT2D eigenvalue weighted by Gasteiger charge is -2.36. The van der Waals surface area contributed by atoms with Crippen molar-refractivity contribution in [2.24, 2.45) is 0 Å².